The second-order valence-electron chi connectivity index (χ2n) is 6.11. The Morgan fingerprint density at radius 2 is 1.75 bits per heavy atom. The molecule has 0 saturated heterocycles. The molecular formula is C21H22N4O3. The van der Waals surface area contributed by atoms with Crippen molar-refractivity contribution < 1.29 is 14.3 Å². The van der Waals surface area contributed by atoms with Crippen LogP contribution < -0.4 is 14.8 Å². The fourth-order valence-corrected chi connectivity index (χ4v) is 2.61. The molecule has 0 radical (unpaired) electrons. The standard InChI is InChI=1S/C21H22N4O3/c1-27-19-9-18(10-20(11-19)28-2)7-8-21(26)23-12-16-3-5-17(6-4-16)13-25-15-22-14-24-25/h3-11,14-15H,12-13H2,1-2H3,(H,23,26)/b8-7+. The molecule has 1 aromatic heterocycles. The van der Waals surface area contributed by atoms with Crippen LogP contribution in [0.3, 0.4) is 0 Å². The maximum atomic E-state index is 12.1. The topological polar surface area (TPSA) is 78.3 Å². The third-order valence-electron chi connectivity index (χ3n) is 4.10. The summed E-state index contributed by atoms with van der Waals surface area (Å²) in [6.07, 6.45) is 6.41. The average Bonchev–Trinajstić information content (AvgIpc) is 3.24. The molecule has 3 rings (SSSR count). The number of carbonyl (C=O) groups excluding carboxylic acids is 1. The number of ether oxygens (including phenoxy) is 2. The Labute approximate surface area is 163 Å². The number of hydrogen-bond donors (Lipinski definition) is 1. The summed E-state index contributed by atoms with van der Waals surface area (Å²) < 4.78 is 12.2. The Morgan fingerprint density at radius 1 is 1.07 bits per heavy atom. The number of amides is 1. The van der Waals surface area contributed by atoms with Crippen molar-refractivity contribution in [3.8, 4) is 11.5 Å². The third-order valence-corrected chi connectivity index (χ3v) is 4.10. The van der Waals surface area contributed by atoms with E-state index < -0.39 is 0 Å². The summed E-state index contributed by atoms with van der Waals surface area (Å²) >= 11 is 0. The van der Waals surface area contributed by atoms with Gasteiger partial charge in [-0.15, -0.1) is 0 Å². The Bertz CT molecular complexity index is 913. The molecule has 3 aromatic rings. The van der Waals surface area contributed by atoms with Crippen LogP contribution in [0.4, 0.5) is 0 Å². The van der Waals surface area contributed by atoms with E-state index in [9.17, 15) is 4.79 Å². The molecule has 2 aromatic carbocycles. The van der Waals surface area contributed by atoms with Gasteiger partial charge in [-0.3, -0.25) is 4.79 Å². The monoisotopic (exact) mass is 378 g/mol. The average molecular weight is 378 g/mol. The van der Waals surface area contributed by atoms with Gasteiger partial charge in [-0.05, 0) is 34.9 Å². The number of nitrogens with zero attached hydrogens (tertiary/aromatic N) is 3. The van der Waals surface area contributed by atoms with Crippen LogP contribution >= 0.6 is 0 Å². The van der Waals surface area contributed by atoms with Gasteiger partial charge >= 0.3 is 0 Å². The SMILES string of the molecule is COc1cc(/C=C/C(=O)NCc2ccc(Cn3cncn3)cc2)cc(OC)c1. The van der Waals surface area contributed by atoms with Crippen molar-refractivity contribution in [1.29, 1.82) is 0 Å². The predicted molar refractivity (Wildman–Crippen MR) is 106 cm³/mol. The van der Waals surface area contributed by atoms with Crippen LogP contribution in [0.15, 0.2) is 61.2 Å². The van der Waals surface area contributed by atoms with Crippen molar-refractivity contribution in [2.45, 2.75) is 13.1 Å². The molecule has 0 aliphatic heterocycles. The fraction of sp³-hybridized carbons (Fsp3) is 0.190. The van der Waals surface area contributed by atoms with Crippen molar-refractivity contribution in [2.24, 2.45) is 0 Å². The zero-order valence-corrected chi connectivity index (χ0v) is 15.8. The van der Waals surface area contributed by atoms with Gasteiger partial charge in [-0.25, -0.2) is 9.67 Å². The highest BCUT2D eigenvalue weighted by atomic mass is 16.5. The van der Waals surface area contributed by atoms with Gasteiger partial charge in [0.1, 0.15) is 24.2 Å². The number of carbonyl (C=O) groups is 1. The minimum Gasteiger partial charge on any atom is -0.497 e. The van der Waals surface area contributed by atoms with Gasteiger partial charge in [0.25, 0.3) is 0 Å². The summed E-state index contributed by atoms with van der Waals surface area (Å²) in [7, 11) is 3.18. The third kappa shape index (κ3) is 5.44. The summed E-state index contributed by atoms with van der Waals surface area (Å²) in [5.41, 5.74) is 2.96. The fourth-order valence-electron chi connectivity index (χ4n) is 2.61. The Hall–Kier alpha value is -3.61. The van der Waals surface area contributed by atoms with Crippen LogP contribution in [0.1, 0.15) is 16.7 Å². The number of nitrogens with one attached hydrogen (secondary N) is 1. The van der Waals surface area contributed by atoms with Gasteiger partial charge in [0.05, 0.1) is 20.8 Å². The van der Waals surface area contributed by atoms with Crippen LogP contribution in [0.25, 0.3) is 6.08 Å². The first kappa shape index (κ1) is 19.2. The van der Waals surface area contributed by atoms with Gasteiger partial charge in [0.15, 0.2) is 0 Å². The molecule has 28 heavy (non-hydrogen) atoms. The Morgan fingerprint density at radius 3 is 2.36 bits per heavy atom. The molecule has 0 atom stereocenters. The lowest BCUT2D eigenvalue weighted by Gasteiger charge is -2.06. The van der Waals surface area contributed by atoms with E-state index in [1.807, 2.05) is 36.4 Å². The first-order chi connectivity index (χ1) is 13.7. The Balaban J connectivity index is 1.53. The number of rotatable bonds is 8. The van der Waals surface area contributed by atoms with E-state index in [2.05, 4.69) is 15.4 Å². The summed E-state index contributed by atoms with van der Waals surface area (Å²) in [6, 6.07) is 13.5. The predicted octanol–water partition coefficient (Wildman–Crippen LogP) is 2.67. The van der Waals surface area contributed by atoms with E-state index in [0.29, 0.717) is 24.6 Å². The first-order valence-electron chi connectivity index (χ1n) is 8.75. The smallest absolute Gasteiger partial charge is 0.244 e. The van der Waals surface area contributed by atoms with E-state index >= 15 is 0 Å². The van der Waals surface area contributed by atoms with Crippen LogP contribution in [-0.4, -0.2) is 34.9 Å². The molecule has 7 heteroatoms. The number of aromatic nitrogens is 3. The zero-order chi connectivity index (χ0) is 19.8. The molecule has 0 saturated carbocycles. The lowest BCUT2D eigenvalue weighted by molar-refractivity contribution is -0.116. The highest BCUT2D eigenvalue weighted by Gasteiger charge is 2.02. The second kappa shape index (κ2) is 9.36. The summed E-state index contributed by atoms with van der Waals surface area (Å²) in [6.45, 7) is 1.12. The molecule has 0 unspecified atom stereocenters. The maximum absolute atomic E-state index is 12.1. The van der Waals surface area contributed by atoms with E-state index in [1.165, 1.54) is 12.4 Å². The van der Waals surface area contributed by atoms with Crippen LogP contribution in [0, 0.1) is 0 Å². The van der Waals surface area contributed by atoms with Gasteiger partial charge in [-0.1, -0.05) is 24.3 Å². The Kier molecular flexibility index (Phi) is 6.41. The number of benzene rings is 2. The van der Waals surface area contributed by atoms with Crippen molar-refractivity contribution >= 4 is 12.0 Å². The maximum Gasteiger partial charge on any atom is 0.244 e. The normalized spacial score (nSPS) is 10.8. The quantitative estimate of drug-likeness (QED) is 0.610. The lowest BCUT2D eigenvalue weighted by Crippen LogP contribution is -2.20. The van der Waals surface area contributed by atoms with Crippen LogP contribution in [0.5, 0.6) is 11.5 Å². The molecule has 7 nitrogen and oxygen atoms in total. The highest BCUT2D eigenvalue weighted by Crippen LogP contribution is 2.23. The van der Waals surface area contributed by atoms with E-state index in [0.717, 1.165) is 16.7 Å². The van der Waals surface area contributed by atoms with E-state index in [-0.39, 0.29) is 5.91 Å². The van der Waals surface area contributed by atoms with Gasteiger partial charge in [0.2, 0.25) is 5.91 Å². The molecule has 1 heterocycles. The van der Waals surface area contributed by atoms with Crippen molar-refractivity contribution in [3.05, 3.63) is 77.9 Å². The van der Waals surface area contributed by atoms with E-state index in [1.54, 1.807) is 37.4 Å². The van der Waals surface area contributed by atoms with Crippen molar-refractivity contribution in [3.63, 3.8) is 0 Å². The second-order valence-corrected chi connectivity index (χ2v) is 6.11. The van der Waals surface area contributed by atoms with Crippen LogP contribution in [-0.2, 0) is 17.9 Å². The summed E-state index contributed by atoms with van der Waals surface area (Å²) in [5.74, 6) is 1.17. The highest BCUT2D eigenvalue weighted by molar-refractivity contribution is 5.91. The van der Waals surface area contributed by atoms with Gasteiger partial charge < -0.3 is 14.8 Å². The number of methoxy groups -OCH3 is 2. The zero-order valence-electron chi connectivity index (χ0n) is 15.8. The minimum absolute atomic E-state index is 0.173. The molecule has 144 valence electrons. The minimum atomic E-state index is -0.173. The van der Waals surface area contributed by atoms with Crippen molar-refractivity contribution in [2.75, 3.05) is 14.2 Å². The first-order valence-corrected chi connectivity index (χ1v) is 8.75. The summed E-state index contributed by atoms with van der Waals surface area (Å²) in [4.78, 5) is 16.0. The van der Waals surface area contributed by atoms with Gasteiger partial charge in [0, 0.05) is 18.7 Å². The molecule has 0 fully saturated rings. The molecule has 1 N–H and O–H groups in total. The summed E-state index contributed by atoms with van der Waals surface area (Å²) in [5, 5.41) is 6.96. The molecule has 1 amide bonds. The lowest BCUT2D eigenvalue weighted by atomic mass is 10.1. The van der Waals surface area contributed by atoms with E-state index in [4.69, 9.17) is 9.47 Å². The molecule has 0 bridgehead atoms. The van der Waals surface area contributed by atoms with Crippen LogP contribution in [0.2, 0.25) is 0 Å². The molecular weight excluding hydrogens is 356 g/mol. The molecule has 0 aliphatic rings. The van der Waals surface area contributed by atoms with Gasteiger partial charge in [-0.2, -0.15) is 5.10 Å². The largest absolute Gasteiger partial charge is 0.497 e. The van der Waals surface area contributed by atoms with Crippen molar-refractivity contribution in [1.82, 2.24) is 20.1 Å². The number of hydrogen-bond acceptors (Lipinski definition) is 5. The molecule has 0 aliphatic carbocycles. The molecule has 0 spiro atoms.